The fourth-order valence-corrected chi connectivity index (χ4v) is 16.4. The molecule has 0 unspecified atom stereocenters. The minimum absolute atomic E-state index is 0.103. The molecular formula is C82H145N13O11S4. The van der Waals surface area contributed by atoms with Crippen LogP contribution < -0.4 is 0 Å². The molecule has 9 heterocycles. The molecule has 110 heavy (non-hydrogen) atoms. The molecule has 0 atom stereocenters. The van der Waals surface area contributed by atoms with E-state index in [2.05, 4.69) is 130 Å². The highest BCUT2D eigenvalue weighted by atomic mass is 32.2. The molecule has 9 aliphatic heterocycles. The van der Waals surface area contributed by atoms with Gasteiger partial charge in [0.2, 0.25) is 26.0 Å². The van der Waals surface area contributed by atoms with Crippen molar-refractivity contribution in [3.8, 4) is 0 Å². The zero-order valence-electron chi connectivity index (χ0n) is 73.5. The summed E-state index contributed by atoms with van der Waals surface area (Å²) in [6.07, 6.45) is 8.80. The number of likely N-dealkylation sites (N-methyl/N-ethyl adjacent to an activating group) is 1. The van der Waals surface area contributed by atoms with Crippen molar-refractivity contribution < 1.29 is 48.1 Å². The lowest BCUT2D eigenvalue weighted by atomic mass is 10.0. The van der Waals surface area contributed by atoms with Crippen molar-refractivity contribution in [3.05, 3.63) is 136 Å². The second kappa shape index (κ2) is 46.1. The zero-order chi connectivity index (χ0) is 84.4. The second-order valence-corrected chi connectivity index (χ2v) is 40.6. The van der Waals surface area contributed by atoms with Crippen LogP contribution in [0.15, 0.2) is 131 Å². The number of carbonyl (C=O) groups excluding carboxylic acids is 3. The highest BCUT2D eigenvalue weighted by Gasteiger charge is 2.31. The molecule has 0 radical (unpaired) electrons. The molecule has 0 fully saturated rings. The summed E-state index contributed by atoms with van der Waals surface area (Å²) in [5.41, 5.74) is 25.6. The van der Waals surface area contributed by atoms with Gasteiger partial charge in [-0.1, -0.05) is 131 Å². The Labute approximate surface area is 669 Å². The highest BCUT2D eigenvalue weighted by molar-refractivity contribution is 7.88. The van der Waals surface area contributed by atoms with Crippen molar-refractivity contribution >= 4 is 58.4 Å². The smallest absolute Gasteiger partial charge is 0.320 e. The lowest BCUT2D eigenvalue weighted by Gasteiger charge is -2.30. The van der Waals surface area contributed by atoms with Crippen molar-refractivity contribution in [2.75, 3.05) is 194 Å². The van der Waals surface area contributed by atoms with Crippen molar-refractivity contribution in [1.29, 1.82) is 0 Å². The van der Waals surface area contributed by atoms with Crippen molar-refractivity contribution in [2.24, 2.45) is 0 Å². The van der Waals surface area contributed by atoms with Gasteiger partial charge in [0.05, 0.1) is 12.5 Å². The van der Waals surface area contributed by atoms with Gasteiger partial charge in [0.15, 0.2) is 0 Å². The fraction of sp³-hybridized carbons (Fsp3) is 0.671. The third-order valence-electron chi connectivity index (χ3n) is 21.9. The summed E-state index contributed by atoms with van der Waals surface area (Å²) in [6.45, 7) is 54.7. The maximum absolute atomic E-state index is 11.8. The standard InChI is InChI=1S/C14H19N.C10H18N2O.C9H18N2O2S.C9H16N2O.C9H15NO.C8H16N2O2S.C8H15NO2S.C8H15N.C7H13NO2S/c1-12-8-9-15(10-13(12)2)11-14-6-4-3-5-7-14;1-8-5-6-12(7-9(8)2)10(13)11(3)4;1-8-5-6-11(7-9(8)2)14(12,13)10(3)4;1-7-5-11(6-8(7)2)9(12)10(3)4;1-7-4-5-10(9(3)11)6-8(7)2;1-7-5-10(6-8(7)2)13(11,12)9(3)4;1-7-4-5-9(6-8(7)2)12(3,10)11;1-7-4-5-9(3)6-8(7)2;1-6-4-8(5-7(6)2)11(3,9)10/h3-7H,8-11H2,1-2H3;5-7H2,1-4H3;5-7H2,1-4H3;5-6H2,1-4H3;4-6H2,1-3H3;5-6H2,1-4H3;4-6H2,1-3H3;4-6H2,1-3H3;4-5H2,1-3H3. The number of urea groups is 2. The maximum atomic E-state index is 11.8. The first-order valence-corrected chi connectivity index (χ1v) is 44.9. The fourth-order valence-electron chi connectivity index (χ4n) is 12.3. The van der Waals surface area contributed by atoms with Crippen LogP contribution >= 0.6 is 0 Å². The van der Waals surface area contributed by atoms with E-state index in [0.29, 0.717) is 52.4 Å². The average molecular weight is 1620 g/mol. The third-order valence-corrected chi connectivity index (χ3v) is 28.1. The van der Waals surface area contributed by atoms with Crippen LogP contribution in [-0.4, -0.2) is 306 Å². The van der Waals surface area contributed by atoms with E-state index < -0.39 is 40.5 Å². The maximum Gasteiger partial charge on any atom is 0.320 e. The summed E-state index contributed by atoms with van der Waals surface area (Å²) in [6, 6.07) is 11.0. The van der Waals surface area contributed by atoms with Crippen molar-refractivity contribution in [3.63, 3.8) is 0 Å². The second-order valence-electron chi connectivity index (χ2n) is 32.4. The van der Waals surface area contributed by atoms with Crippen LogP contribution in [0.1, 0.15) is 176 Å². The molecular weight excluding hydrogens is 1470 g/mol. The minimum Gasteiger partial charge on any atom is -0.339 e. The molecule has 0 N–H and O–H groups in total. The Morgan fingerprint density at radius 3 is 0.945 bits per heavy atom. The van der Waals surface area contributed by atoms with E-state index in [4.69, 9.17) is 0 Å². The van der Waals surface area contributed by atoms with Gasteiger partial charge in [-0.2, -0.15) is 42.7 Å². The Hall–Kier alpha value is -5.63. The number of benzene rings is 1. The number of sulfonamides is 2. The van der Waals surface area contributed by atoms with Crippen molar-refractivity contribution in [1.82, 2.24) is 60.1 Å². The molecule has 5 amide bonds. The summed E-state index contributed by atoms with van der Waals surface area (Å²) in [5, 5.41) is 0. The molecule has 1 aromatic carbocycles. The monoisotopic (exact) mass is 1620 g/mol. The van der Waals surface area contributed by atoms with E-state index in [1.54, 1.807) is 95.4 Å². The first kappa shape index (κ1) is 100. The Bertz CT molecular complexity index is 4030. The van der Waals surface area contributed by atoms with Crippen LogP contribution in [0.25, 0.3) is 0 Å². The molecule has 10 rings (SSSR count). The average Bonchev–Trinajstić information content (AvgIpc) is 1.72. The predicted molar refractivity (Wildman–Crippen MR) is 457 cm³/mol. The van der Waals surface area contributed by atoms with Crippen LogP contribution in [0.2, 0.25) is 0 Å². The Balaban J connectivity index is 0.000000421. The van der Waals surface area contributed by atoms with Crippen LogP contribution in [-0.2, 0) is 51.8 Å². The van der Waals surface area contributed by atoms with Crippen LogP contribution in [0.4, 0.5) is 9.59 Å². The first-order valence-electron chi connectivity index (χ1n) is 38.4. The largest absolute Gasteiger partial charge is 0.339 e. The van der Waals surface area contributed by atoms with E-state index in [1.165, 1.54) is 143 Å². The van der Waals surface area contributed by atoms with Gasteiger partial charge >= 0.3 is 12.1 Å². The van der Waals surface area contributed by atoms with Gasteiger partial charge < -0.3 is 29.4 Å². The van der Waals surface area contributed by atoms with E-state index in [0.717, 1.165) is 89.2 Å². The molecule has 0 bridgehead atoms. The van der Waals surface area contributed by atoms with Gasteiger partial charge in [0.1, 0.15) is 0 Å². The molecule has 24 nitrogen and oxygen atoms in total. The van der Waals surface area contributed by atoms with E-state index in [-0.39, 0.29) is 18.0 Å². The van der Waals surface area contributed by atoms with Gasteiger partial charge in [-0.3, -0.25) is 9.69 Å². The first-order chi connectivity index (χ1) is 50.6. The number of amides is 5. The SMILES string of the molecule is CC(=O)N1CCC(C)=C(C)C1.CC1=C(C)CN(C(=O)N(C)C)C1.CC1=C(C)CN(C(=O)N(C)C)CC1.CC1=C(C)CN(C)CC1.CC1=C(C)CN(Cc2ccccc2)CC1.CC1=C(C)CN(S(=O)(=O)N(C)C)C1.CC1=C(C)CN(S(=O)(=O)N(C)C)CC1.CC1=C(C)CN(S(C)(=O)=O)C1.CC1=C(C)CN(S(C)(=O)=O)CC1. The summed E-state index contributed by atoms with van der Waals surface area (Å²) in [4.78, 5) is 47.8. The Morgan fingerprint density at radius 2 is 0.600 bits per heavy atom. The molecule has 1 aromatic rings. The summed E-state index contributed by atoms with van der Waals surface area (Å²) < 4.78 is 99.7. The predicted octanol–water partition coefficient (Wildman–Crippen LogP) is 12.4. The number of nitrogens with zero attached hydrogens (tertiary/aromatic N) is 13. The van der Waals surface area contributed by atoms with Crippen LogP contribution in [0, 0.1) is 0 Å². The summed E-state index contributed by atoms with van der Waals surface area (Å²) >= 11 is 0. The van der Waals surface area contributed by atoms with E-state index >= 15 is 0 Å². The number of hydrogen-bond donors (Lipinski definition) is 0. The number of carbonyl (C=O) groups is 3. The Kier molecular flexibility index (Phi) is 42.1. The van der Waals surface area contributed by atoms with Gasteiger partial charge in [-0.25, -0.2) is 26.4 Å². The molecule has 0 aliphatic carbocycles. The Morgan fingerprint density at radius 1 is 0.318 bits per heavy atom. The van der Waals surface area contributed by atoms with Gasteiger partial charge in [0.25, 0.3) is 20.4 Å². The summed E-state index contributed by atoms with van der Waals surface area (Å²) in [7, 11) is 3.17. The quantitative estimate of drug-likeness (QED) is 0.221. The van der Waals surface area contributed by atoms with Gasteiger partial charge in [-0.05, 0) is 176 Å². The van der Waals surface area contributed by atoms with Gasteiger partial charge in [0, 0.05) is 188 Å². The van der Waals surface area contributed by atoms with E-state index in [9.17, 15) is 48.1 Å². The number of hydrogen-bond acceptors (Lipinski definition) is 13. The number of rotatable bonds is 8. The molecule has 28 heteroatoms. The zero-order valence-corrected chi connectivity index (χ0v) is 76.8. The molecule has 0 saturated heterocycles. The molecule has 9 aliphatic rings. The van der Waals surface area contributed by atoms with Gasteiger partial charge in [-0.15, -0.1) is 0 Å². The minimum atomic E-state index is -3.22. The normalized spacial score (nSPS) is 19.8. The lowest BCUT2D eigenvalue weighted by molar-refractivity contribution is -0.128. The topological polar surface area (TPSA) is 230 Å². The molecule has 0 saturated carbocycles. The molecule has 0 aromatic heterocycles. The highest BCUT2D eigenvalue weighted by Crippen LogP contribution is 2.26. The summed E-state index contributed by atoms with van der Waals surface area (Å²) in [5.74, 6) is 0.192. The third kappa shape index (κ3) is 33.8. The van der Waals surface area contributed by atoms with Crippen LogP contribution in [0.3, 0.4) is 0 Å². The van der Waals surface area contributed by atoms with Crippen LogP contribution in [0.5, 0.6) is 0 Å². The van der Waals surface area contributed by atoms with Crippen molar-refractivity contribution in [2.45, 2.75) is 177 Å². The molecule has 628 valence electrons. The molecule has 0 spiro atoms. The van der Waals surface area contributed by atoms with E-state index in [1.807, 2.05) is 56.2 Å². The lowest BCUT2D eigenvalue weighted by Crippen LogP contribution is -2.43.